The maximum absolute atomic E-state index is 2.78. The topological polar surface area (TPSA) is 9.72 Å². The summed E-state index contributed by atoms with van der Waals surface area (Å²) in [5, 5.41) is 2.64. The van der Waals surface area contributed by atoms with Gasteiger partial charge in [-0.25, -0.2) is 0 Å². The van der Waals surface area contributed by atoms with Gasteiger partial charge in [-0.1, -0.05) is 177 Å². The largest absolute Gasteiger partial charge is 0.334 e. The molecule has 4 heterocycles. The Morgan fingerprint density at radius 1 is 0.461 bits per heavy atom. The number of rotatable bonds is 5. The molecule has 2 unspecified atom stereocenters. The molecular weight excluding hydrogens is 938 g/mol. The lowest BCUT2D eigenvalue weighted by molar-refractivity contribution is 0.195. The fourth-order valence-electron chi connectivity index (χ4n) is 14.1. The van der Waals surface area contributed by atoms with Gasteiger partial charge in [-0.05, 0) is 166 Å². The van der Waals surface area contributed by atoms with Crippen molar-refractivity contribution in [1.29, 1.82) is 0 Å². The van der Waals surface area contributed by atoms with E-state index in [2.05, 4.69) is 265 Å². The first-order valence-electron chi connectivity index (χ1n) is 27.7. The van der Waals surface area contributed by atoms with Gasteiger partial charge in [-0.15, -0.1) is 11.3 Å². The van der Waals surface area contributed by atoms with E-state index in [-0.39, 0.29) is 28.5 Å². The lowest BCUT2D eigenvalue weighted by Gasteiger charge is -2.50. The second-order valence-electron chi connectivity index (χ2n) is 25.0. The van der Waals surface area contributed by atoms with Crippen molar-refractivity contribution in [2.75, 3.05) is 14.7 Å². The van der Waals surface area contributed by atoms with Crippen LogP contribution in [0.15, 0.2) is 188 Å². The van der Waals surface area contributed by atoms with Crippen LogP contribution in [0.3, 0.4) is 0 Å². The molecule has 2 atom stereocenters. The molecule has 0 radical (unpaired) electrons. The van der Waals surface area contributed by atoms with Crippen LogP contribution in [-0.4, -0.2) is 12.3 Å². The molecule has 76 heavy (non-hydrogen) atoms. The highest BCUT2D eigenvalue weighted by Gasteiger charge is 2.58. The van der Waals surface area contributed by atoms with Gasteiger partial charge in [-0.3, -0.25) is 0 Å². The first-order valence-corrected chi connectivity index (χ1v) is 28.6. The van der Waals surface area contributed by atoms with E-state index in [0.29, 0.717) is 0 Å². The number of hydrogen-bond donors (Lipinski definition) is 0. The van der Waals surface area contributed by atoms with Crippen LogP contribution in [0.2, 0.25) is 0 Å². The molecule has 0 spiro atoms. The van der Waals surface area contributed by atoms with Gasteiger partial charge in [0.05, 0.1) is 11.2 Å². The Labute approximate surface area is 454 Å². The quantitative estimate of drug-likeness (QED) is 0.159. The molecule has 1 aliphatic carbocycles. The second kappa shape index (κ2) is 16.8. The Kier molecular flexibility index (Phi) is 10.4. The Hall–Kier alpha value is -7.34. The highest BCUT2D eigenvalue weighted by molar-refractivity contribution is 7.25. The number of fused-ring (bicyclic) bond motifs is 10. The standard InChI is InChI=1S/C71H66BN3S/c1-45-38-63-67-64(39-45)74(59-34-27-49(68(2,3)4)41-55(59)47-22-14-11-15-23-47)61-35-28-50(69(5,6)7)42-58(61)72(67)57-32-30-52(43-62(57)73(63)51-29-31-54-53-24-16-17-25-65(53)76-66(54)44-51)75-60-33-26-48(46-20-12-10-13-21-46)40-56(60)70(8)36-18-19-37-71(70,75)9/h10-17,20-35,38-44H,18-19,36-37H2,1-9H3. The lowest BCUT2D eigenvalue weighted by atomic mass is 9.33. The summed E-state index contributed by atoms with van der Waals surface area (Å²) in [5.41, 5.74) is 24.2. The molecule has 0 amide bonds. The van der Waals surface area contributed by atoms with E-state index in [1.807, 2.05) is 11.3 Å². The van der Waals surface area contributed by atoms with Gasteiger partial charge in [0.2, 0.25) is 0 Å². The van der Waals surface area contributed by atoms with Crippen molar-refractivity contribution in [3.8, 4) is 22.3 Å². The van der Waals surface area contributed by atoms with E-state index in [9.17, 15) is 0 Å². The van der Waals surface area contributed by atoms with Crippen LogP contribution in [-0.2, 0) is 16.2 Å². The van der Waals surface area contributed by atoms with Crippen LogP contribution < -0.4 is 31.1 Å². The minimum Gasteiger partial charge on any atom is -0.334 e. The Bertz CT molecular complexity index is 3990. The number of aryl methyl sites for hydroxylation is 1. The molecule has 10 aromatic rings. The van der Waals surface area contributed by atoms with E-state index in [4.69, 9.17) is 0 Å². The van der Waals surface area contributed by atoms with E-state index in [0.717, 1.165) is 6.42 Å². The summed E-state index contributed by atoms with van der Waals surface area (Å²) < 4.78 is 2.63. The van der Waals surface area contributed by atoms with Crippen molar-refractivity contribution in [3.05, 3.63) is 210 Å². The van der Waals surface area contributed by atoms with Crippen molar-refractivity contribution in [2.45, 2.75) is 110 Å². The van der Waals surface area contributed by atoms with Crippen molar-refractivity contribution in [2.24, 2.45) is 0 Å². The zero-order chi connectivity index (χ0) is 52.0. The average molecular weight is 1000 g/mol. The molecule has 374 valence electrons. The number of thiophene rings is 1. The fraction of sp³-hybridized carbons (Fsp3) is 0.239. The van der Waals surface area contributed by atoms with E-state index in [1.54, 1.807) is 0 Å². The van der Waals surface area contributed by atoms with Gasteiger partial charge >= 0.3 is 0 Å². The molecule has 3 nitrogen and oxygen atoms in total. The normalized spacial score (nSPS) is 18.6. The summed E-state index contributed by atoms with van der Waals surface area (Å²) in [6, 6.07) is 72.8. The van der Waals surface area contributed by atoms with Crippen LogP contribution in [0.1, 0.15) is 103 Å². The highest BCUT2D eigenvalue weighted by Crippen LogP contribution is 2.62. The molecule has 9 aromatic carbocycles. The predicted molar refractivity (Wildman–Crippen MR) is 329 cm³/mol. The van der Waals surface area contributed by atoms with Gasteiger partial charge in [0.25, 0.3) is 6.71 Å². The molecule has 14 rings (SSSR count). The van der Waals surface area contributed by atoms with E-state index < -0.39 is 0 Å². The summed E-state index contributed by atoms with van der Waals surface area (Å²) in [6.07, 6.45) is 4.77. The third-order valence-electron chi connectivity index (χ3n) is 18.3. The second-order valence-corrected chi connectivity index (χ2v) is 26.0. The summed E-state index contributed by atoms with van der Waals surface area (Å²) in [5.74, 6) is 0. The van der Waals surface area contributed by atoms with E-state index in [1.165, 1.54) is 146 Å². The zero-order valence-corrected chi connectivity index (χ0v) is 46.4. The smallest absolute Gasteiger partial charge is 0.252 e. The van der Waals surface area contributed by atoms with Crippen molar-refractivity contribution >= 4 is 100 Å². The maximum atomic E-state index is 2.78. The predicted octanol–water partition coefficient (Wildman–Crippen LogP) is 18.1. The average Bonchev–Trinajstić information content (AvgIpc) is 3.98. The number of hydrogen-bond acceptors (Lipinski definition) is 4. The van der Waals surface area contributed by atoms with Gasteiger partial charge in [-0.2, -0.15) is 0 Å². The Morgan fingerprint density at radius 3 is 1.84 bits per heavy atom. The molecule has 1 fully saturated rings. The van der Waals surface area contributed by atoms with Crippen molar-refractivity contribution in [3.63, 3.8) is 0 Å². The molecule has 0 bridgehead atoms. The zero-order valence-electron chi connectivity index (χ0n) is 45.6. The SMILES string of the molecule is Cc1cc2c3c(c1)N(c1ccc(C(C)(C)C)cc1-c1ccccc1)c1ccc(C(C)(C)C)cc1B3c1ccc(N3c4ccc(-c5ccccc5)cc4C4(C)CCCCC34C)cc1N2c1ccc2c(c1)sc1ccccc12. The molecule has 0 saturated heterocycles. The minimum absolute atomic E-state index is 0.0173. The first-order chi connectivity index (χ1) is 36.6. The minimum atomic E-state index is -0.118. The van der Waals surface area contributed by atoms with E-state index >= 15 is 0 Å². The molecule has 1 aromatic heterocycles. The number of nitrogens with zero attached hydrogens (tertiary/aromatic N) is 3. The molecular formula is C71H66BN3S. The fourth-order valence-corrected chi connectivity index (χ4v) is 15.3. The third kappa shape index (κ3) is 7.00. The molecule has 3 aliphatic heterocycles. The molecule has 5 heteroatoms. The lowest BCUT2D eigenvalue weighted by Crippen LogP contribution is -2.61. The van der Waals surface area contributed by atoms with Crippen LogP contribution in [0.4, 0.5) is 45.5 Å². The molecule has 0 N–H and O–H groups in total. The van der Waals surface area contributed by atoms with Gasteiger partial charge in [0, 0.05) is 71.0 Å². The first kappa shape index (κ1) is 47.1. The van der Waals surface area contributed by atoms with Gasteiger partial charge < -0.3 is 14.7 Å². The number of benzene rings is 9. The molecule has 1 saturated carbocycles. The monoisotopic (exact) mass is 1000 g/mol. The summed E-state index contributed by atoms with van der Waals surface area (Å²) >= 11 is 1.90. The van der Waals surface area contributed by atoms with Crippen LogP contribution in [0.25, 0.3) is 42.4 Å². The van der Waals surface area contributed by atoms with Crippen LogP contribution in [0.5, 0.6) is 0 Å². The maximum Gasteiger partial charge on any atom is 0.252 e. The highest BCUT2D eigenvalue weighted by atomic mass is 32.1. The van der Waals surface area contributed by atoms with Crippen LogP contribution >= 0.6 is 11.3 Å². The van der Waals surface area contributed by atoms with Gasteiger partial charge in [0.1, 0.15) is 0 Å². The van der Waals surface area contributed by atoms with Crippen molar-refractivity contribution < 1.29 is 0 Å². The van der Waals surface area contributed by atoms with Gasteiger partial charge in [0.15, 0.2) is 0 Å². The third-order valence-corrected chi connectivity index (χ3v) is 19.5. The Morgan fingerprint density at radius 2 is 1.09 bits per heavy atom. The summed E-state index contributed by atoms with van der Waals surface area (Å²) in [4.78, 5) is 8.06. The Balaban J connectivity index is 1.05. The molecule has 4 aliphatic rings. The van der Waals surface area contributed by atoms with Crippen molar-refractivity contribution in [1.82, 2.24) is 0 Å². The summed E-state index contributed by atoms with van der Waals surface area (Å²) in [6.45, 7) is 21.5. The van der Waals surface area contributed by atoms with Crippen LogP contribution in [0, 0.1) is 6.92 Å². The number of anilines is 8. The summed E-state index contributed by atoms with van der Waals surface area (Å²) in [7, 11) is 0.